The van der Waals surface area contributed by atoms with Gasteiger partial charge in [-0.3, -0.25) is 0 Å². The van der Waals surface area contributed by atoms with Crippen LogP contribution in [0.3, 0.4) is 0 Å². The predicted molar refractivity (Wildman–Crippen MR) is 96.3 cm³/mol. The molecule has 0 saturated heterocycles. The van der Waals surface area contributed by atoms with Crippen molar-refractivity contribution in [1.29, 1.82) is 0 Å². The third-order valence-electron chi connectivity index (χ3n) is 2.71. The fourth-order valence-corrected chi connectivity index (χ4v) is 1.92. The fraction of sp³-hybridized carbons (Fsp3) is 0.533. The average molecular weight is 391 g/mol. The van der Waals surface area contributed by atoms with Crippen LogP contribution in [0.1, 0.15) is 18.1 Å². The highest BCUT2D eigenvalue weighted by Gasteiger charge is 2.07. The highest BCUT2D eigenvalue weighted by Crippen LogP contribution is 2.21. The molecule has 0 atom stereocenters. The van der Waals surface area contributed by atoms with E-state index < -0.39 is 0 Å². The second kappa shape index (κ2) is 9.05. The van der Waals surface area contributed by atoms with Gasteiger partial charge in [-0.2, -0.15) is 0 Å². The maximum atomic E-state index is 5.67. The topological polar surface area (TPSA) is 28.1 Å². The number of rotatable bonds is 4. The first-order valence-electron chi connectivity index (χ1n) is 6.57. The number of aliphatic imine (C=N–C) groups is 1. The quantitative estimate of drug-likeness (QED) is 0.449. The minimum Gasteiger partial charge on any atom is -0.494 e. The maximum absolute atomic E-state index is 5.67. The van der Waals surface area contributed by atoms with Crippen molar-refractivity contribution in [2.75, 3.05) is 34.8 Å². The molecule has 4 nitrogen and oxygen atoms in total. The van der Waals surface area contributed by atoms with Gasteiger partial charge < -0.3 is 14.5 Å². The molecule has 0 unspecified atom stereocenters. The second-order valence-electron chi connectivity index (χ2n) is 4.95. The van der Waals surface area contributed by atoms with E-state index in [4.69, 9.17) is 4.74 Å². The molecule has 0 aliphatic rings. The minimum atomic E-state index is 0. The van der Waals surface area contributed by atoms with Crippen LogP contribution < -0.4 is 4.74 Å². The maximum Gasteiger partial charge on any atom is 0.195 e. The second-order valence-corrected chi connectivity index (χ2v) is 4.95. The van der Waals surface area contributed by atoms with Crippen molar-refractivity contribution < 1.29 is 4.74 Å². The van der Waals surface area contributed by atoms with E-state index in [0.29, 0.717) is 13.2 Å². The van der Waals surface area contributed by atoms with Gasteiger partial charge in [-0.05, 0) is 25.5 Å². The monoisotopic (exact) mass is 391 g/mol. The summed E-state index contributed by atoms with van der Waals surface area (Å²) in [4.78, 5) is 8.67. The molecule has 0 fully saturated rings. The highest BCUT2D eigenvalue weighted by atomic mass is 127. The van der Waals surface area contributed by atoms with Crippen molar-refractivity contribution >= 4 is 29.9 Å². The molecule has 0 aliphatic heterocycles. The van der Waals surface area contributed by atoms with Crippen LogP contribution in [0.15, 0.2) is 23.2 Å². The zero-order chi connectivity index (χ0) is 14.4. The Balaban J connectivity index is 0.00000361. The van der Waals surface area contributed by atoms with Crippen molar-refractivity contribution in [2.45, 2.75) is 20.4 Å². The van der Waals surface area contributed by atoms with E-state index in [1.54, 1.807) is 0 Å². The lowest BCUT2D eigenvalue weighted by Crippen LogP contribution is -2.35. The van der Waals surface area contributed by atoms with Crippen LogP contribution in [-0.4, -0.2) is 50.6 Å². The Morgan fingerprint density at radius 2 is 1.75 bits per heavy atom. The van der Waals surface area contributed by atoms with Gasteiger partial charge in [0.2, 0.25) is 0 Å². The zero-order valence-electron chi connectivity index (χ0n) is 13.3. The molecule has 5 heteroatoms. The molecule has 0 N–H and O–H groups in total. The molecule has 1 aromatic rings. The molecule has 0 radical (unpaired) electrons. The normalized spacial score (nSPS) is 9.50. The Bertz CT molecular complexity index is 435. The smallest absolute Gasteiger partial charge is 0.195 e. The summed E-state index contributed by atoms with van der Waals surface area (Å²) < 4.78 is 5.67. The summed E-state index contributed by atoms with van der Waals surface area (Å²) >= 11 is 0. The molecule has 0 aliphatic carbocycles. The summed E-state index contributed by atoms with van der Waals surface area (Å²) in [7, 11) is 7.99. The largest absolute Gasteiger partial charge is 0.494 e. The molecule has 0 bridgehead atoms. The number of hydrogen-bond donors (Lipinski definition) is 0. The van der Waals surface area contributed by atoms with Crippen LogP contribution in [0.25, 0.3) is 0 Å². The lowest BCUT2D eigenvalue weighted by molar-refractivity contribution is 0.336. The lowest BCUT2D eigenvalue weighted by Gasteiger charge is -2.22. The Kier molecular flexibility index (Phi) is 8.60. The molecule has 0 amide bonds. The van der Waals surface area contributed by atoms with Gasteiger partial charge in [0.05, 0.1) is 13.2 Å². The number of ether oxygens (including phenoxy) is 1. The summed E-state index contributed by atoms with van der Waals surface area (Å²) in [5.74, 6) is 1.88. The molecular formula is C15H26IN3O. The molecule has 0 spiro atoms. The van der Waals surface area contributed by atoms with Crippen LogP contribution in [0.2, 0.25) is 0 Å². The van der Waals surface area contributed by atoms with E-state index in [9.17, 15) is 0 Å². The number of benzene rings is 1. The van der Waals surface area contributed by atoms with Gasteiger partial charge in [-0.1, -0.05) is 12.1 Å². The fourth-order valence-electron chi connectivity index (χ4n) is 1.92. The van der Waals surface area contributed by atoms with Crippen LogP contribution in [-0.2, 0) is 6.54 Å². The molecule has 114 valence electrons. The van der Waals surface area contributed by atoms with E-state index in [-0.39, 0.29) is 24.0 Å². The first kappa shape index (κ1) is 19.0. The van der Waals surface area contributed by atoms with Crippen LogP contribution in [0, 0.1) is 6.92 Å². The van der Waals surface area contributed by atoms with Gasteiger partial charge in [0.25, 0.3) is 0 Å². The number of hydrogen-bond acceptors (Lipinski definition) is 2. The number of nitrogens with zero attached hydrogens (tertiary/aromatic N) is 3. The molecular weight excluding hydrogens is 365 g/mol. The van der Waals surface area contributed by atoms with E-state index in [1.165, 1.54) is 5.56 Å². The number of aryl methyl sites for hydroxylation is 1. The Morgan fingerprint density at radius 3 is 2.25 bits per heavy atom. The van der Waals surface area contributed by atoms with E-state index >= 15 is 0 Å². The van der Waals surface area contributed by atoms with Crippen molar-refractivity contribution in [2.24, 2.45) is 4.99 Å². The van der Waals surface area contributed by atoms with E-state index in [0.717, 1.165) is 17.3 Å². The number of halogens is 1. The SMILES string of the molecule is CCOc1cc(C)ccc1CN=C(N(C)C)N(C)C.I. The van der Waals surface area contributed by atoms with Crippen molar-refractivity contribution in [3.05, 3.63) is 29.3 Å². The molecule has 1 aromatic carbocycles. The van der Waals surface area contributed by atoms with Crippen LogP contribution in [0.5, 0.6) is 5.75 Å². The van der Waals surface area contributed by atoms with Crippen molar-refractivity contribution in [3.8, 4) is 5.75 Å². The molecule has 0 heterocycles. The van der Waals surface area contributed by atoms with Crippen molar-refractivity contribution in [3.63, 3.8) is 0 Å². The number of guanidine groups is 1. The molecule has 1 rings (SSSR count). The van der Waals surface area contributed by atoms with Crippen molar-refractivity contribution in [1.82, 2.24) is 9.80 Å². The van der Waals surface area contributed by atoms with Crippen LogP contribution in [0.4, 0.5) is 0 Å². The Morgan fingerprint density at radius 1 is 1.15 bits per heavy atom. The Labute approximate surface area is 139 Å². The van der Waals surface area contributed by atoms with Gasteiger partial charge in [0.15, 0.2) is 5.96 Å². The van der Waals surface area contributed by atoms with Gasteiger partial charge in [0, 0.05) is 33.8 Å². The summed E-state index contributed by atoms with van der Waals surface area (Å²) in [6.07, 6.45) is 0. The van der Waals surface area contributed by atoms with Gasteiger partial charge in [-0.15, -0.1) is 24.0 Å². The molecule has 0 aromatic heterocycles. The van der Waals surface area contributed by atoms with Gasteiger partial charge >= 0.3 is 0 Å². The zero-order valence-corrected chi connectivity index (χ0v) is 15.6. The molecule has 20 heavy (non-hydrogen) atoms. The minimum absolute atomic E-state index is 0. The summed E-state index contributed by atoms with van der Waals surface area (Å²) in [5.41, 5.74) is 2.32. The first-order valence-corrected chi connectivity index (χ1v) is 6.57. The van der Waals surface area contributed by atoms with E-state index in [1.807, 2.05) is 44.9 Å². The molecule has 0 saturated carbocycles. The average Bonchev–Trinajstić information content (AvgIpc) is 2.31. The third kappa shape index (κ3) is 5.56. The first-order chi connectivity index (χ1) is 8.95. The third-order valence-corrected chi connectivity index (χ3v) is 2.71. The highest BCUT2D eigenvalue weighted by molar-refractivity contribution is 14.0. The van der Waals surface area contributed by atoms with Gasteiger partial charge in [-0.25, -0.2) is 4.99 Å². The predicted octanol–water partition coefficient (Wildman–Crippen LogP) is 2.99. The standard InChI is InChI=1S/C15H25N3O.HI/c1-7-19-14-10-12(2)8-9-13(14)11-16-15(17(3)4)18(5)6;/h8-10H,7,11H2,1-6H3;1H. The Hall–Kier alpha value is -0.980. The summed E-state index contributed by atoms with van der Waals surface area (Å²) in [5, 5.41) is 0. The lowest BCUT2D eigenvalue weighted by atomic mass is 10.1. The summed E-state index contributed by atoms with van der Waals surface area (Å²) in [6, 6.07) is 6.25. The summed E-state index contributed by atoms with van der Waals surface area (Å²) in [6.45, 7) is 5.37. The van der Waals surface area contributed by atoms with E-state index in [2.05, 4.69) is 30.1 Å². The van der Waals surface area contributed by atoms with Crippen LogP contribution >= 0.6 is 24.0 Å². The van der Waals surface area contributed by atoms with Gasteiger partial charge in [0.1, 0.15) is 5.75 Å².